The Morgan fingerprint density at radius 2 is 1.82 bits per heavy atom. The van der Waals surface area contributed by atoms with Crippen LogP contribution in [0.5, 0.6) is 0 Å². The Bertz CT molecular complexity index is 403. The van der Waals surface area contributed by atoms with Crippen molar-refractivity contribution in [2.75, 3.05) is 26.2 Å². The van der Waals surface area contributed by atoms with E-state index >= 15 is 0 Å². The first-order valence-electron chi connectivity index (χ1n) is 8.63. The molecule has 2 aliphatic rings. The molecule has 1 spiro atoms. The molecule has 0 atom stereocenters. The Morgan fingerprint density at radius 3 is 2.41 bits per heavy atom. The summed E-state index contributed by atoms with van der Waals surface area (Å²) in [5.74, 6) is 0.0717. The van der Waals surface area contributed by atoms with Crippen molar-refractivity contribution in [3.8, 4) is 0 Å². The number of ether oxygens (including phenoxy) is 1. The van der Waals surface area contributed by atoms with Crippen molar-refractivity contribution >= 4 is 11.9 Å². The van der Waals surface area contributed by atoms with Crippen LogP contribution in [-0.4, -0.2) is 59.5 Å². The fourth-order valence-corrected chi connectivity index (χ4v) is 3.95. The minimum atomic E-state index is -0.123. The second-order valence-electron chi connectivity index (χ2n) is 7.02. The normalized spacial score (nSPS) is 22.1. The van der Waals surface area contributed by atoms with E-state index in [1.165, 1.54) is 19.3 Å². The minimum absolute atomic E-state index is 0.00425. The van der Waals surface area contributed by atoms with Crippen molar-refractivity contribution in [1.82, 2.24) is 9.80 Å². The van der Waals surface area contributed by atoms with Crippen molar-refractivity contribution in [1.29, 1.82) is 0 Å². The second-order valence-corrected chi connectivity index (χ2v) is 7.02. The Morgan fingerprint density at radius 1 is 1.14 bits per heavy atom. The molecule has 0 radical (unpaired) electrons. The van der Waals surface area contributed by atoms with Gasteiger partial charge in [0.15, 0.2) is 0 Å². The van der Waals surface area contributed by atoms with Crippen LogP contribution in [0.4, 0.5) is 0 Å². The van der Waals surface area contributed by atoms with Gasteiger partial charge in [-0.15, -0.1) is 0 Å². The summed E-state index contributed by atoms with van der Waals surface area (Å²) in [5, 5.41) is 0. The Balaban J connectivity index is 1.93. The van der Waals surface area contributed by atoms with Crippen molar-refractivity contribution in [2.45, 2.75) is 70.9 Å². The molecular weight excluding hydrogens is 280 g/mol. The molecule has 1 aliphatic heterocycles. The maximum absolute atomic E-state index is 12.0. The molecule has 126 valence electrons. The summed E-state index contributed by atoms with van der Waals surface area (Å²) < 4.78 is 5.21. The van der Waals surface area contributed by atoms with Crippen LogP contribution in [-0.2, 0) is 14.3 Å². The van der Waals surface area contributed by atoms with Crippen molar-refractivity contribution in [3.63, 3.8) is 0 Å². The molecule has 2 fully saturated rings. The smallest absolute Gasteiger partial charge is 0.307 e. The zero-order valence-electron chi connectivity index (χ0n) is 14.3. The van der Waals surface area contributed by atoms with Gasteiger partial charge in [0.2, 0.25) is 5.91 Å². The van der Waals surface area contributed by atoms with Gasteiger partial charge in [-0.1, -0.05) is 19.3 Å². The summed E-state index contributed by atoms with van der Waals surface area (Å²) in [6.45, 7) is 8.72. The number of carbonyl (C=O) groups excluding carboxylic acids is 2. The number of rotatable bonds is 4. The molecule has 1 aliphatic carbocycles. The molecule has 5 nitrogen and oxygen atoms in total. The first-order valence-corrected chi connectivity index (χ1v) is 8.63. The number of amides is 1. The van der Waals surface area contributed by atoms with Crippen molar-refractivity contribution in [3.05, 3.63) is 0 Å². The van der Waals surface area contributed by atoms with Crippen molar-refractivity contribution < 1.29 is 14.3 Å². The van der Waals surface area contributed by atoms with Crippen LogP contribution in [0.3, 0.4) is 0 Å². The monoisotopic (exact) mass is 310 g/mol. The van der Waals surface area contributed by atoms with Gasteiger partial charge in [0.05, 0.1) is 18.1 Å². The summed E-state index contributed by atoms with van der Waals surface area (Å²) in [6.07, 6.45) is 6.26. The maximum Gasteiger partial charge on any atom is 0.307 e. The Labute approximate surface area is 134 Å². The van der Waals surface area contributed by atoms with Crippen LogP contribution in [0, 0.1) is 0 Å². The van der Waals surface area contributed by atoms with Crippen LogP contribution < -0.4 is 0 Å². The van der Waals surface area contributed by atoms with Crippen LogP contribution in [0.1, 0.15) is 59.3 Å². The van der Waals surface area contributed by atoms with E-state index in [1.54, 1.807) is 6.92 Å². The van der Waals surface area contributed by atoms with Crippen LogP contribution in [0.15, 0.2) is 0 Å². The lowest BCUT2D eigenvalue weighted by Crippen LogP contribution is -2.64. The van der Waals surface area contributed by atoms with Gasteiger partial charge in [0.25, 0.3) is 0 Å². The summed E-state index contributed by atoms with van der Waals surface area (Å²) in [4.78, 5) is 28.2. The molecule has 0 N–H and O–H groups in total. The third-order valence-electron chi connectivity index (χ3n) is 4.89. The molecule has 1 amide bonds. The lowest BCUT2D eigenvalue weighted by Gasteiger charge is -2.52. The first-order chi connectivity index (χ1) is 10.4. The quantitative estimate of drug-likeness (QED) is 0.747. The standard InChI is InChI=1S/C17H30N2O3/c1-14(2)22-16(21)7-10-18-11-12-19(15(3)20)17(13-18)8-5-4-6-9-17/h14H,4-13H2,1-3H3. The Hall–Kier alpha value is -1.10. The largest absolute Gasteiger partial charge is 0.463 e. The molecule has 0 unspecified atom stereocenters. The number of hydrogen-bond acceptors (Lipinski definition) is 4. The molecule has 1 heterocycles. The van der Waals surface area contributed by atoms with Gasteiger partial charge in [0, 0.05) is 33.1 Å². The summed E-state index contributed by atoms with van der Waals surface area (Å²) >= 11 is 0. The molecule has 1 saturated carbocycles. The fourth-order valence-electron chi connectivity index (χ4n) is 3.95. The molecule has 5 heteroatoms. The van der Waals surface area contributed by atoms with E-state index in [9.17, 15) is 9.59 Å². The van der Waals surface area contributed by atoms with Crippen molar-refractivity contribution in [2.24, 2.45) is 0 Å². The molecule has 0 aromatic carbocycles. The number of esters is 1. The van der Waals surface area contributed by atoms with E-state index in [-0.39, 0.29) is 23.5 Å². The zero-order valence-corrected chi connectivity index (χ0v) is 14.3. The van der Waals surface area contributed by atoms with E-state index in [2.05, 4.69) is 9.80 Å². The van der Waals surface area contributed by atoms with E-state index in [1.807, 2.05) is 13.8 Å². The third-order valence-corrected chi connectivity index (χ3v) is 4.89. The van der Waals surface area contributed by atoms with Gasteiger partial charge in [0.1, 0.15) is 0 Å². The molecule has 0 bridgehead atoms. The number of piperazine rings is 1. The average molecular weight is 310 g/mol. The molecule has 1 saturated heterocycles. The molecule has 2 rings (SSSR count). The number of nitrogens with zero attached hydrogens (tertiary/aromatic N) is 2. The van der Waals surface area contributed by atoms with Crippen LogP contribution in [0.2, 0.25) is 0 Å². The lowest BCUT2D eigenvalue weighted by atomic mass is 9.78. The molecule has 0 aromatic rings. The highest BCUT2D eigenvalue weighted by molar-refractivity contribution is 5.74. The summed E-state index contributed by atoms with van der Waals surface area (Å²) in [6, 6.07) is 0. The predicted molar refractivity (Wildman–Crippen MR) is 85.5 cm³/mol. The first kappa shape index (κ1) is 17.3. The SMILES string of the molecule is CC(=O)N1CCN(CCC(=O)OC(C)C)CC12CCCCC2. The van der Waals surface area contributed by atoms with Gasteiger partial charge in [-0.2, -0.15) is 0 Å². The highest BCUT2D eigenvalue weighted by Crippen LogP contribution is 2.36. The van der Waals surface area contributed by atoms with E-state index in [0.29, 0.717) is 6.42 Å². The minimum Gasteiger partial charge on any atom is -0.463 e. The predicted octanol–water partition coefficient (Wildman–Crippen LogP) is 2.20. The topological polar surface area (TPSA) is 49.9 Å². The van der Waals surface area contributed by atoms with Crippen LogP contribution in [0.25, 0.3) is 0 Å². The average Bonchev–Trinajstić information content (AvgIpc) is 2.45. The number of carbonyl (C=O) groups is 2. The second kappa shape index (κ2) is 7.44. The van der Waals surface area contributed by atoms with Gasteiger partial charge in [-0.05, 0) is 26.7 Å². The summed E-state index contributed by atoms with van der Waals surface area (Å²) in [5.41, 5.74) is 0.00425. The third kappa shape index (κ3) is 4.22. The van der Waals surface area contributed by atoms with E-state index in [0.717, 1.165) is 39.0 Å². The van der Waals surface area contributed by atoms with Gasteiger partial charge in [-0.25, -0.2) is 0 Å². The summed E-state index contributed by atoms with van der Waals surface area (Å²) in [7, 11) is 0. The fraction of sp³-hybridized carbons (Fsp3) is 0.882. The van der Waals surface area contributed by atoms with Gasteiger partial charge >= 0.3 is 5.97 Å². The number of hydrogen-bond donors (Lipinski definition) is 0. The van der Waals surface area contributed by atoms with Gasteiger partial charge < -0.3 is 9.64 Å². The van der Waals surface area contributed by atoms with Crippen LogP contribution >= 0.6 is 0 Å². The highest BCUT2D eigenvalue weighted by Gasteiger charge is 2.43. The molecule has 22 heavy (non-hydrogen) atoms. The highest BCUT2D eigenvalue weighted by atomic mass is 16.5. The lowest BCUT2D eigenvalue weighted by molar-refractivity contribution is -0.149. The molecule has 0 aromatic heterocycles. The van der Waals surface area contributed by atoms with Gasteiger partial charge in [-0.3, -0.25) is 14.5 Å². The van der Waals surface area contributed by atoms with E-state index < -0.39 is 0 Å². The van der Waals surface area contributed by atoms with E-state index in [4.69, 9.17) is 4.74 Å². The Kier molecular flexibility index (Phi) is 5.84. The maximum atomic E-state index is 12.0. The molecular formula is C17H30N2O3. The zero-order chi connectivity index (χ0) is 16.2.